The van der Waals surface area contributed by atoms with Gasteiger partial charge in [0.1, 0.15) is 0 Å². The van der Waals surface area contributed by atoms with E-state index >= 15 is 0 Å². The molecule has 2 unspecified atom stereocenters. The number of rotatable bonds is 1. The van der Waals surface area contributed by atoms with Gasteiger partial charge in [-0.1, -0.05) is 38.5 Å². The van der Waals surface area contributed by atoms with Gasteiger partial charge in [-0.05, 0) is 51.0 Å². The fraction of sp³-hybridized carbons (Fsp3) is 1.00. The molecule has 4 atom stereocenters. The van der Waals surface area contributed by atoms with Gasteiger partial charge in [-0.15, -0.1) is 0 Å². The molecule has 2 saturated carbocycles. The highest BCUT2D eigenvalue weighted by Crippen LogP contribution is 2.38. The average Bonchev–Trinajstić information content (AvgIpc) is 2.43. The van der Waals surface area contributed by atoms with Crippen molar-refractivity contribution in [3.63, 3.8) is 0 Å². The van der Waals surface area contributed by atoms with Gasteiger partial charge in [0, 0.05) is 18.1 Å². The standard InChI is InChI=1S/C17H32N2/c18-15-10-3-1-2-4-12-17(15)19-13-7-9-14-8-5-6-11-16(14)19/h14-17H,1-13,18H2/t14-,15?,16-,17?/m1/s1. The van der Waals surface area contributed by atoms with Crippen molar-refractivity contribution in [2.75, 3.05) is 6.54 Å². The average molecular weight is 264 g/mol. The summed E-state index contributed by atoms with van der Waals surface area (Å²) in [5, 5.41) is 0. The van der Waals surface area contributed by atoms with E-state index in [1.165, 1.54) is 83.6 Å². The minimum absolute atomic E-state index is 0.445. The molecular formula is C17H32N2. The molecule has 0 spiro atoms. The summed E-state index contributed by atoms with van der Waals surface area (Å²) in [5.74, 6) is 1.00. The number of hydrogen-bond donors (Lipinski definition) is 1. The van der Waals surface area contributed by atoms with Crippen molar-refractivity contribution in [1.82, 2.24) is 4.90 Å². The summed E-state index contributed by atoms with van der Waals surface area (Å²) in [5.41, 5.74) is 6.56. The highest BCUT2D eigenvalue weighted by atomic mass is 15.2. The van der Waals surface area contributed by atoms with Crippen molar-refractivity contribution in [3.05, 3.63) is 0 Å². The van der Waals surface area contributed by atoms with E-state index < -0.39 is 0 Å². The summed E-state index contributed by atoms with van der Waals surface area (Å²) >= 11 is 0. The van der Waals surface area contributed by atoms with Crippen LogP contribution < -0.4 is 5.73 Å². The van der Waals surface area contributed by atoms with E-state index in [4.69, 9.17) is 5.73 Å². The van der Waals surface area contributed by atoms with E-state index in [-0.39, 0.29) is 0 Å². The smallest absolute Gasteiger partial charge is 0.0250 e. The maximum Gasteiger partial charge on any atom is 0.0250 e. The molecule has 2 heteroatoms. The van der Waals surface area contributed by atoms with Gasteiger partial charge in [0.25, 0.3) is 0 Å². The number of nitrogens with zero attached hydrogens (tertiary/aromatic N) is 1. The van der Waals surface area contributed by atoms with Crippen LogP contribution in [0.3, 0.4) is 0 Å². The molecule has 3 fully saturated rings. The summed E-state index contributed by atoms with van der Waals surface area (Å²) in [6.45, 7) is 1.33. The Morgan fingerprint density at radius 2 is 1.26 bits per heavy atom. The van der Waals surface area contributed by atoms with Crippen molar-refractivity contribution >= 4 is 0 Å². The van der Waals surface area contributed by atoms with Gasteiger partial charge in [0.05, 0.1) is 0 Å². The van der Waals surface area contributed by atoms with Gasteiger partial charge in [0.2, 0.25) is 0 Å². The topological polar surface area (TPSA) is 29.3 Å². The number of likely N-dealkylation sites (tertiary alicyclic amines) is 1. The second-order valence-corrected chi connectivity index (χ2v) is 7.21. The number of hydrogen-bond acceptors (Lipinski definition) is 2. The van der Waals surface area contributed by atoms with Crippen LogP contribution in [0.1, 0.15) is 77.0 Å². The van der Waals surface area contributed by atoms with Gasteiger partial charge < -0.3 is 5.73 Å². The van der Waals surface area contributed by atoms with E-state index in [0.29, 0.717) is 12.1 Å². The second kappa shape index (κ2) is 6.58. The summed E-state index contributed by atoms with van der Waals surface area (Å²) in [7, 11) is 0. The quantitative estimate of drug-likeness (QED) is 0.782. The number of piperidine rings is 1. The van der Waals surface area contributed by atoms with Crippen molar-refractivity contribution in [3.8, 4) is 0 Å². The number of fused-ring (bicyclic) bond motifs is 1. The van der Waals surface area contributed by atoms with Gasteiger partial charge in [-0.25, -0.2) is 0 Å². The third kappa shape index (κ3) is 3.16. The van der Waals surface area contributed by atoms with Crippen LogP contribution in [-0.2, 0) is 0 Å². The third-order valence-corrected chi connectivity index (χ3v) is 5.99. The molecule has 110 valence electrons. The lowest BCUT2D eigenvalue weighted by atomic mass is 9.76. The largest absolute Gasteiger partial charge is 0.326 e. The molecule has 0 aromatic heterocycles. The number of nitrogens with two attached hydrogens (primary N) is 1. The molecule has 1 aliphatic heterocycles. The first-order valence-corrected chi connectivity index (χ1v) is 8.87. The Hall–Kier alpha value is -0.0800. The zero-order chi connectivity index (χ0) is 13.1. The van der Waals surface area contributed by atoms with E-state index in [9.17, 15) is 0 Å². The van der Waals surface area contributed by atoms with Crippen molar-refractivity contribution < 1.29 is 0 Å². The molecule has 0 aromatic carbocycles. The molecular weight excluding hydrogens is 232 g/mol. The maximum absolute atomic E-state index is 6.56. The Morgan fingerprint density at radius 1 is 0.632 bits per heavy atom. The predicted octanol–water partition coefficient (Wildman–Crippen LogP) is 3.69. The molecule has 1 heterocycles. The Bertz CT molecular complexity index is 276. The first kappa shape index (κ1) is 13.9. The normalized spacial score (nSPS) is 42.2. The Balaban J connectivity index is 1.70. The van der Waals surface area contributed by atoms with E-state index in [1.54, 1.807) is 0 Å². The molecule has 0 radical (unpaired) electrons. The Kier molecular flexibility index (Phi) is 4.81. The SMILES string of the molecule is NC1CCCCCCC1N1CCC[C@H]2CCCC[C@H]21. The lowest BCUT2D eigenvalue weighted by Gasteiger charge is -2.49. The van der Waals surface area contributed by atoms with Crippen LogP contribution in [-0.4, -0.2) is 29.6 Å². The third-order valence-electron chi connectivity index (χ3n) is 5.99. The minimum atomic E-state index is 0.445. The molecule has 0 bridgehead atoms. The van der Waals surface area contributed by atoms with Crippen LogP contribution in [0.25, 0.3) is 0 Å². The predicted molar refractivity (Wildman–Crippen MR) is 81.2 cm³/mol. The van der Waals surface area contributed by atoms with Crippen LogP contribution in [0.15, 0.2) is 0 Å². The summed E-state index contributed by atoms with van der Waals surface area (Å²) in [4.78, 5) is 2.88. The van der Waals surface area contributed by atoms with Gasteiger partial charge >= 0.3 is 0 Å². The molecule has 3 rings (SSSR count). The summed E-state index contributed by atoms with van der Waals surface area (Å²) in [6.07, 6.45) is 17.0. The van der Waals surface area contributed by atoms with Gasteiger partial charge in [-0.2, -0.15) is 0 Å². The lowest BCUT2D eigenvalue weighted by molar-refractivity contribution is 0.0103. The maximum atomic E-state index is 6.56. The van der Waals surface area contributed by atoms with Crippen LogP contribution in [0.2, 0.25) is 0 Å². The van der Waals surface area contributed by atoms with Crippen LogP contribution >= 0.6 is 0 Å². The van der Waals surface area contributed by atoms with Crippen molar-refractivity contribution in [2.24, 2.45) is 11.7 Å². The van der Waals surface area contributed by atoms with Gasteiger partial charge in [0.15, 0.2) is 0 Å². The van der Waals surface area contributed by atoms with Crippen molar-refractivity contribution in [1.29, 1.82) is 0 Å². The van der Waals surface area contributed by atoms with Gasteiger partial charge in [-0.3, -0.25) is 4.90 Å². The minimum Gasteiger partial charge on any atom is -0.326 e. The van der Waals surface area contributed by atoms with Crippen molar-refractivity contribution in [2.45, 2.75) is 95.2 Å². The molecule has 2 nitrogen and oxygen atoms in total. The first-order chi connectivity index (χ1) is 9.36. The highest BCUT2D eigenvalue weighted by molar-refractivity contribution is 4.94. The molecule has 2 N–H and O–H groups in total. The summed E-state index contributed by atoms with van der Waals surface area (Å²) < 4.78 is 0. The molecule has 0 amide bonds. The zero-order valence-electron chi connectivity index (χ0n) is 12.5. The van der Waals surface area contributed by atoms with E-state index in [0.717, 1.165) is 12.0 Å². The zero-order valence-corrected chi connectivity index (χ0v) is 12.5. The fourth-order valence-electron chi connectivity index (χ4n) is 4.98. The molecule has 1 saturated heterocycles. The Labute approximate surface area is 119 Å². The van der Waals surface area contributed by atoms with Crippen LogP contribution in [0.5, 0.6) is 0 Å². The van der Waals surface area contributed by atoms with Crippen LogP contribution in [0, 0.1) is 5.92 Å². The fourth-order valence-corrected chi connectivity index (χ4v) is 4.98. The monoisotopic (exact) mass is 264 g/mol. The molecule has 3 aliphatic rings. The molecule has 19 heavy (non-hydrogen) atoms. The van der Waals surface area contributed by atoms with E-state index in [2.05, 4.69) is 4.90 Å². The molecule has 2 aliphatic carbocycles. The van der Waals surface area contributed by atoms with Crippen LogP contribution in [0.4, 0.5) is 0 Å². The second-order valence-electron chi connectivity index (χ2n) is 7.21. The summed E-state index contributed by atoms with van der Waals surface area (Å²) in [6, 6.07) is 2.03. The first-order valence-electron chi connectivity index (χ1n) is 8.87. The Morgan fingerprint density at radius 3 is 2.16 bits per heavy atom. The molecule has 0 aromatic rings. The highest BCUT2D eigenvalue weighted by Gasteiger charge is 2.38. The lowest BCUT2D eigenvalue weighted by Crippen LogP contribution is -2.57. The van der Waals surface area contributed by atoms with E-state index in [1.807, 2.05) is 0 Å².